The number of rotatable bonds is 4. The molecule has 1 aromatic carbocycles. The van der Waals surface area contributed by atoms with Gasteiger partial charge in [-0.3, -0.25) is 11.3 Å². The van der Waals surface area contributed by atoms with Crippen LogP contribution in [0, 0.1) is 5.82 Å². The highest BCUT2D eigenvalue weighted by Gasteiger charge is 2.30. The minimum atomic E-state index is -0.210. The van der Waals surface area contributed by atoms with E-state index >= 15 is 0 Å². The first-order valence-corrected chi connectivity index (χ1v) is 9.46. The summed E-state index contributed by atoms with van der Waals surface area (Å²) in [5, 5.41) is 1.75. The first kappa shape index (κ1) is 16.6. The Morgan fingerprint density at radius 1 is 1.40 bits per heavy atom. The van der Waals surface area contributed by atoms with Gasteiger partial charge in [0.2, 0.25) is 0 Å². The number of hydrogen-bond acceptors (Lipinski definition) is 4. The van der Waals surface area contributed by atoms with Crippen molar-refractivity contribution in [3.63, 3.8) is 0 Å². The summed E-state index contributed by atoms with van der Waals surface area (Å²) < 4.78 is 14.2. The van der Waals surface area contributed by atoms with E-state index in [0.717, 1.165) is 22.2 Å². The third-order valence-electron chi connectivity index (χ3n) is 3.61. The Bertz CT molecular complexity index is 441. The number of halogens is 2. The van der Waals surface area contributed by atoms with Crippen molar-refractivity contribution in [2.24, 2.45) is 5.84 Å². The monoisotopic (exact) mass is 378 g/mol. The van der Waals surface area contributed by atoms with Crippen LogP contribution in [0.5, 0.6) is 0 Å². The zero-order valence-corrected chi connectivity index (χ0v) is 14.8. The van der Waals surface area contributed by atoms with E-state index in [1.54, 1.807) is 6.07 Å². The molecule has 0 radical (unpaired) electrons. The second kappa shape index (κ2) is 7.49. The molecule has 20 heavy (non-hydrogen) atoms. The molecule has 2 nitrogen and oxygen atoms in total. The molecule has 0 saturated carbocycles. The summed E-state index contributed by atoms with van der Waals surface area (Å²) in [6.07, 6.45) is 0.742. The van der Waals surface area contributed by atoms with Crippen LogP contribution in [0.3, 0.4) is 0 Å². The molecule has 6 heteroatoms. The van der Waals surface area contributed by atoms with E-state index in [1.807, 2.05) is 29.6 Å². The third-order valence-corrected chi connectivity index (χ3v) is 7.62. The first-order chi connectivity index (χ1) is 9.49. The largest absolute Gasteiger partial charge is 0.271 e. The Morgan fingerprint density at radius 3 is 2.75 bits per heavy atom. The maximum atomic E-state index is 13.4. The standard InChI is InChI=1S/C14H20BrFN2S2/c1-8-9(2)20-14(7-19-8)13(18-17)5-10-3-11(15)6-12(16)4-10/h3-4,6,8-9,13-14,18H,5,7,17H2,1-2H3. The number of benzene rings is 1. The molecular weight excluding hydrogens is 359 g/mol. The van der Waals surface area contributed by atoms with Crippen molar-refractivity contribution in [2.75, 3.05) is 5.75 Å². The number of hydrazine groups is 1. The molecule has 0 bridgehead atoms. The lowest BCUT2D eigenvalue weighted by Gasteiger charge is -2.35. The van der Waals surface area contributed by atoms with Crippen LogP contribution in [0.1, 0.15) is 19.4 Å². The Hall–Kier alpha value is 0.250. The van der Waals surface area contributed by atoms with E-state index in [9.17, 15) is 4.39 Å². The Balaban J connectivity index is 2.05. The molecule has 1 heterocycles. The van der Waals surface area contributed by atoms with Gasteiger partial charge < -0.3 is 0 Å². The van der Waals surface area contributed by atoms with Crippen molar-refractivity contribution in [1.29, 1.82) is 0 Å². The lowest BCUT2D eigenvalue weighted by molar-refractivity contribution is 0.519. The molecule has 0 spiro atoms. The van der Waals surface area contributed by atoms with Crippen molar-refractivity contribution >= 4 is 39.5 Å². The molecule has 0 aliphatic carbocycles. The fourth-order valence-electron chi connectivity index (χ4n) is 2.30. The fraction of sp³-hybridized carbons (Fsp3) is 0.571. The van der Waals surface area contributed by atoms with Crippen LogP contribution in [-0.2, 0) is 6.42 Å². The van der Waals surface area contributed by atoms with Crippen LogP contribution in [0.4, 0.5) is 4.39 Å². The van der Waals surface area contributed by atoms with E-state index in [2.05, 4.69) is 35.2 Å². The lowest BCUT2D eigenvalue weighted by Crippen LogP contribution is -2.47. The van der Waals surface area contributed by atoms with E-state index < -0.39 is 0 Å². The molecule has 3 N–H and O–H groups in total. The number of nitrogens with two attached hydrogens (primary N) is 1. The summed E-state index contributed by atoms with van der Waals surface area (Å²) in [7, 11) is 0. The van der Waals surface area contributed by atoms with Gasteiger partial charge >= 0.3 is 0 Å². The van der Waals surface area contributed by atoms with Crippen molar-refractivity contribution < 1.29 is 4.39 Å². The van der Waals surface area contributed by atoms with Gasteiger partial charge in [0.15, 0.2) is 0 Å². The Kier molecular flexibility index (Phi) is 6.23. The predicted molar refractivity (Wildman–Crippen MR) is 91.7 cm³/mol. The van der Waals surface area contributed by atoms with Crippen LogP contribution in [0.25, 0.3) is 0 Å². The second-order valence-corrected chi connectivity index (χ2v) is 9.12. The highest BCUT2D eigenvalue weighted by Crippen LogP contribution is 2.37. The van der Waals surface area contributed by atoms with Crippen LogP contribution < -0.4 is 11.3 Å². The number of hydrogen-bond donors (Lipinski definition) is 2. The first-order valence-electron chi connectivity index (χ1n) is 6.67. The average Bonchev–Trinajstić information content (AvgIpc) is 2.38. The van der Waals surface area contributed by atoms with Gasteiger partial charge in [0.05, 0.1) is 0 Å². The van der Waals surface area contributed by atoms with E-state index in [4.69, 9.17) is 5.84 Å². The van der Waals surface area contributed by atoms with E-state index in [0.29, 0.717) is 15.7 Å². The molecular formula is C14H20BrFN2S2. The number of nitrogens with one attached hydrogen (secondary N) is 1. The van der Waals surface area contributed by atoms with Gasteiger partial charge in [-0.2, -0.15) is 23.5 Å². The van der Waals surface area contributed by atoms with Crippen molar-refractivity contribution in [1.82, 2.24) is 5.43 Å². The third kappa shape index (κ3) is 4.37. The van der Waals surface area contributed by atoms with Gasteiger partial charge in [-0.1, -0.05) is 29.8 Å². The van der Waals surface area contributed by atoms with Crippen molar-refractivity contribution in [2.45, 2.75) is 42.1 Å². The van der Waals surface area contributed by atoms with Crippen LogP contribution in [0.2, 0.25) is 0 Å². The quantitative estimate of drug-likeness (QED) is 0.620. The van der Waals surface area contributed by atoms with Crippen LogP contribution in [-0.4, -0.2) is 27.5 Å². The van der Waals surface area contributed by atoms with Gasteiger partial charge in [-0.05, 0) is 30.2 Å². The molecule has 0 aromatic heterocycles. The highest BCUT2D eigenvalue weighted by molar-refractivity contribution is 9.10. The molecule has 112 valence electrons. The minimum Gasteiger partial charge on any atom is -0.271 e. The van der Waals surface area contributed by atoms with Gasteiger partial charge in [0.1, 0.15) is 5.82 Å². The fourth-order valence-corrected chi connectivity index (χ4v) is 5.92. The zero-order valence-electron chi connectivity index (χ0n) is 11.6. The van der Waals surface area contributed by atoms with Crippen molar-refractivity contribution in [3.05, 3.63) is 34.1 Å². The smallest absolute Gasteiger partial charge is 0.124 e. The summed E-state index contributed by atoms with van der Waals surface area (Å²) in [6, 6.07) is 5.18. The molecule has 4 atom stereocenters. The number of thioether (sulfide) groups is 2. The molecule has 2 rings (SSSR count). The summed E-state index contributed by atoms with van der Waals surface area (Å²) in [4.78, 5) is 0. The van der Waals surface area contributed by atoms with Crippen LogP contribution in [0.15, 0.2) is 22.7 Å². The van der Waals surface area contributed by atoms with Crippen LogP contribution >= 0.6 is 39.5 Å². The SMILES string of the molecule is CC1SCC(C(Cc2cc(F)cc(Br)c2)NN)SC1C. The molecule has 0 amide bonds. The van der Waals surface area contributed by atoms with E-state index in [-0.39, 0.29) is 11.9 Å². The lowest BCUT2D eigenvalue weighted by atomic mass is 10.0. The summed E-state index contributed by atoms with van der Waals surface area (Å²) >= 11 is 7.32. The highest BCUT2D eigenvalue weighted by atomic mass is 79.9. The summed E-state index contributed by atoms with van der Waals surface area (Å²) in [5.41, 5.74) is 3.89. The molecule has 4 unspecified atom stereocenters. The minimum absolute atomic E-state index is 0.163. The molecule has 1 saturated heterocycles. The zero-order chi connectivity index (χ0) is 14.7. The molecule has 1 aliphatic rings. The normalized spacial score (nSPS) is 28.4. The molecule has 1 aromatic rings. The summed E-state index contributed by atoms with van der Waals surface area (Å²) in [6.45, 7) is 4.54. The van der Waals surface area contributed by atoms with E-state index in [1.165, 1.54) is 6.07 Å². The van der Waals surface area contributed by atoms with Gasteiger partial charge in [-0.25, -0.2) is 4.39 Å². The maximum absolute atomic E-state index is 13.4. The van der Waals surface area contributed by atoms with Crippen molar-refractivity contribution in [3.8, 4) is 0 Å². The second-order valence-electron chi connectivity index (χ2n) is 5.17. The average molecular weight is 379 g/mol. The maximum Gasteiger partial charge on any atom is 0.124 e. The predicted octanol–water partition coefficient (Wildman–Crippen LogP) is 3.59. The van der Waals surface area contributed by atoms with Gasteiger partial charge in [-0.15, -0.1) is 0 Å². The topological polar surface area (TPSA) is 38.0 Å². The Morgan fingerprint density at radius 2 is 2.15 bits per heavy atom. The van der Waals surface area contributed by atoms with Gasteiger partial charge in [0, 0.05) is 32.0 Å². The molecule has 1 aliphatic heterocycles. The molecule has 1 fully saturated rings. The van der Waals surface area contributed by atoms with Gasteiger partial charge in [0.25, 0.3) is 0 Å². The Labute approximate surface area is 136 Å². The summed E-state index contributed by atoms with van der Waals surface area (Å²) in [5.74, 6) is 6.60.